The molecule has 1 unspecified atom stereocenters. The summed E-state index contributed by atoms with van der Waals surface area (Å²) in [6.07, 6.45) is 3.26. The Morgan fingerprint density at radius 3 is 2.60 bits per heavy atom. The number of anilines is 3. The van der Waals surface area contributed by atoms with Gasteiger partial charge in [-0.25, -0.2) is 9.97 Å². The Balaban J connectivity index is 1.57. The van der Waals surface area contributed by atoms with Gasteiger partial charge >= 0.3 is 5.69 Å². The molecule has 0 saturated carbocycles. The maximum atomic E-state index is 11.9. The van der Waals surface area contributed by atoms with Crippen LogP contribution in [0.25, 0.3) is 11.3 Å². The van der Waals surface area contributed by atoms with E-state index in [9.17, 15) is 10.1 Å². The molecule has 0 spiro atoms. The minimum Gasteiger partial charge on any atom is -0.351 e. The molecule has 1 aliphatic heterocycles. The molecule has 155 valence electrons. The summed E-state index contributed by atoms with van der Waals surface area (Å²) in [6.45, 7) is 7.68. The Morgan fingerprint density at radius 1 is 1.27 bits per heavy atom. The predicted molar refractivity (Wildman–Crippen MR) is 117 cm³/mol. The van der Waals surface area contributed by atoms with Crippen molar-refractivity contribution >= 4 is 34.5 Å². The lowest BCUT2D eigenvalue weighted by molar-refractivity contribution is -0.383. The van der Waals surface area contributed by atoms with Crippen molar-refractivity contribution in [1.29, 1.82) is 0 Å². The van der Waals surface area contributed by atoms with Crippen LogP contribution in [0.5, 0.6) is 0 Å². The highest BCUT2D eigenvalue weighted by molar-refractivity contribution is 7.03. The lowest BCUT2D eigenvalue weighted by Gasteiger charge is -2.34. The number of nitrogens with zero attached hydrogens (tertiary/aromatic N) is 6. The summed E-state index contributed by atoms with van der Waals surface area (Å²) < 4.78 is 3.86. The van der Waals surface area contributed by atoms with Crippen molar-refractivity contribution in [2.75, 3.05) is 23.3 Å². The highest BCUT2D eigenvalue weighted by Crippen LogP contribution is 2.36. The van der Waals surface area contributed by atoms with E-state index in [2.05, 4.69) is 38.7 Å². The number of nitrogens with one attached hydrogen (secondary N) is 1. The van der Waals surface area contributed by atoms with Gasteiger partial charge in [0.15, 0.2) is 0 Å². The second-order valence-corrected chi connectivity index (χ2v) is 8.06. The van der Waals surface area contributed by atoms with Crippen LogP contribution in [-0.2, 0) is 0 Å². The van der Waals surface area contributed by atoms with Gasteiger partial charge in [-0.15, -0.1) is 5.10 Å². The summed E-state index contributed by atoms with van der Waals surface area (Å²) >= 11 is 1.29. The molecule has 30 heavy (non-hydrogen) atoms. The normalized spacial score (nSPS) is 14.8. The van der Waals surface area contributed by atoms with Gasteiger partial charge in [-0.2, -0.15) is 0 Å². The van der Waals surface area contributed by atoms with Crippen molar-refractivity contribution in [3.05, 3.63) is 53.0 Å². The van der Waals surface area contributed by atoms with Gasteiger partial charge in [-0.3, -0.25) is 10.1 Å². The summed E-state index contributed by atoms with van der Waals surface area (Å²) in [5.74, 6) is 1.44. The molecule has 3 aromatic rings. The minimum atomic E-state index is -0.414. The standard InChI is InChI=1S/C20H22N7O2S/c1-13(2)14-7-9-26(10-8-14)20-18(27(28)29)19(21-12-22-20)23-16-5-3-15(4-6-16)17-11-30-25-24-17/h3-6,11-14H,1,7-10H2,2H3,(H,21,22,23). The van der Waals surface area contributed by atoms with E-state index in [1.54, 1.807) is 0 Å². The van der Waals surface area contributed by atoms with Gasteiger partial charge in [0.05, 0.1) is 4.92 Å². The lowest BCUT2D eigenvalue weighted by Crippen LogP contribution is -2.36. The third-order valence-electron chi connectivity index (χ3n) is 5.43. The van der Waals surface area contributed by atoms with Crippen molar-refractivity contribution in [2.45, 2.75) is 19.8 Å². The molecule has 1 aliphatic rings. The molecule has 10 heteroatoms. The molecule has 0 aliphatic carbocycles. The Hall–Kier alpha value is -3.14. The highest BCUT2D eigenvalue weighted by atomic mass is 32.1. The van der Waals surface area contributed by atoms with Crippen LogP contribution >= 0.6 is 11.5 Å². The largest absolute Gasteiger partial charge is 0.353 e. The fourth-order valence-corrected chi connectivity index (χ4v) is 4.16. The van der Waals surface area contributed by atoms with E-state index in [0.29, 0.717) is 23.3 Å². The van der Waals surface area contributed by atoms with Crippen molar-refractivity contribution in [2.24, 2.45) is 11.8 Å². The monoisotopic (exact) mass is 424 g/mol. The molecule has 2 aromatic heterocycles. The summed E-state index contributed by atoms with van der Waals surface area (Å²) in [6, 6.07) is 7.44. The predicted octanol–water partition coefficient (Wildman–Crippen LogP) is 4.33. The van der Waals surface area contributed by atoms with Crippen LogP contribution in [0.1, 0.15) is 19.8 Å². The Bertz CT molecular complexity index is 1000. The van der Waals surface area contributed by atoms with Crippen LogP contribution in [0.4, 0.5) is 23.0 Å². The zero-order chi connectivity index (χ0) is 21.1. The van der Waals surface area contributed by atoms with Crippen LogP contribution in [0.2, 0.25) is 0 Å². The minimum absolute atomic E-state index is 0.105. The Kier molecular flexibility index (Phi) is 5.84. The number of hydrogen-bond acceptors (Lipinski definition) is 9. The zero-order valence-electron chi connectivity index (χ0n) is 16.6. The van der Waals surface area contributed by atoms with E-state index >= 15 is 0 Å². The maximum absolute atomic E-state index is 11.9. The third kappa shape index (κ3) is 4.23. The molecule has 1 N–H and O–H groups in total. The van der Waals surface area contributed by atoms with Gasteiger partial charge in [-0.05, 0) is 48.3 Å². The number of benzene rings is 1. The molecule has 9 nitrogen and oxygen atoms in total. The number of rotatable bonds is 6. The van der Waals surface area contributed by atoms with Crippen LogP contribution in [0.3, 0.4) is 0 Å². The van der Waals surface area contributed by atoms with E-state index in [0.717, 1.165) is 37.2 Å². The molecule has 1 radical (unpaired) electrons. The lowest BCUT2D eigenvalue weighted by atomic mass is 9.87. The molecular weight excluding hydrogens is 402 g/mol. The second-order valence-electron chi connectivity index (χ2n) is 7.45. The first-order chi connectivity index (χ1) is 14.5. The summed E-state index contributed by atoms with van der Waals surface area (Å²) in [7, 11) is 0. The fraction of sp³-hybridized carbons (Fsp3) is 0.350. The fourth-order valence-electron chi connectivity index (χ4n) is 3.69. The molecule has 1 fully saturated rings. The van der Waals surface area contributed by atoms with E-state index in [4.69, 9.17) is 0 Å². The van der Waals surface area contributed by atoms with Gasteiger partial charge in [-0.1, -0.05) is 30.5 Å². The zero-order valence-corrected chi connectivity index (χ0v) is 17.4. The maximum Gasteiger partial charge on any atom is 0.353 e. The van der Waals surface area contributed by atoms with Crippen LogP contribution in [0.15, 0.2) is 36.0 Å². The summed E-state index contributed by atoms with van der Waals surface area (Å²) in [5, 5.41) is 20.9. The smallest absolute Gasteiger partial charge is 0.351 e. The topological polar surface area (TPSA) is 110 Å². The van der Waals surface area contributed by atoms with E-state index < -0.39 is 4.92 Å². The Morgan fingerprint density at radius 2 is 2.00 bits per heavy atom. The quantitative estimate of drug-likeness (QED) is 0.460. The Labute approximate surface area is 178 Å². The molecule has 1 aromatic carbocycles. The van der Waals surface area contributed by atoms with Crippen LogP contribution in [-0.4, -0.2) is 37.6 Å². The van der Waals surface area contributed by atoms with Gasteiger partial charge in [0.1, 0.15) is 12.0 Å². The highest BCUT2D eigenvalue weighted by Gasteiger charge is 2.30. The third-order valence-corrected chi connectivity index (χ3v) is 5.94. The number of nitro groups is 1. The van der Waals surface area contributed by atoms with Crippen molar-refractivity contribution in [3.8, 4) is 11.3 Å². The number of hydrogen-bond donors (Lipinski definition) is 1. The van der Waals surface area contributed by atoms with Crippen molar-refractivity contribution in [1.82, 2.24) is 19.6 Å². The number of aromatic nitrogens is 4. The number of piperidine rings is 1. The van der Waals surface area contributed by atoms with Gasteiger partial charge in [0.25, 0.3) is 0 Å². The van der Waals surface area contributed by atoms with Crippen molar-refractivity contribution in [3.63, 3.8) is 0 Å². The SMILES string of the molecule is [CH2]C(C)C1CCN(c2ncnc(Nc3ccc(-c4csnn4)cc3)c2[N+](=O)[O-])CC1. The van der Waals surface area contributed by atoms with Gasteiger partial charge < -0.3 is 10.2 Å². The van der Waals surface area contributed by atoms with E-state index in [-0.39, 0.29) is 11.5 Å². The molecule has 1 atom stereocenters. The molecule has 1 saturated heterocycles. The summed E-state index contributed by atoms with van der Waals surface area (Å²) in [5.41, 5.74) is 2.31. The van der Waals surface area contributed by atoms with E-state index in [1.807, 2.05) is 34.5 Å². The van der Waals surface area contributed by atoms with Gasteiger partial charge in [0, 0.05) is 29.7 Å². The van der Waals surface area contributed by atoms with E-state index in [1.165, 1.54) is 17.9 Å². The van der Waals surface area contributed by atoms with Gasteiger partial charge in [0.2, 0.25) is 11.6 Å². The first-order valence-corrected chi connectivity index (χ1v) is 10.6. The van der Waals surface area contributed by atoms with Crippen LogP contribution < -0.4 is 10.2 Å². The molecule has 4 rings (SSSR count). The molecular formula is C20H22N7O2S. The first-order valence-electron chi connectivity index (χ1n) is 9.75. The average molecular weight is 425 g/mol. The molecule has 3 heterocycles. The molecule has 0 amide bonds. The average Bonchev–Trinajstić information content (AvgIpc) is 3.29. The van der Waals surface area contributed by atoms with Crippen LogP contribution in [0, 0.1) is 28.9 Å². The molecule has 0 bridgehead atoms. The van der Waals surface area contributed by atoms with Crippen molar-refractivity contribution < 1.29 is 4.92 Å². The summed E-state index contributed by atoms with van der Waals surface area (Å²) in [4.78, 5) is 21.8. The first kappa shape index (κ1) is 20.1. The second kappa shape index (κ2) is 8.70.